The van der Waals surface area contributed by atoms with Gasteiger partial charge in [0.15, 0.2) is 11.0 Å². The van der Waals surface area contributed by atoms with Gasteiger partial charge < -0.3 is 14.5 Å². The van der Waals surface area contributed by atoms with E-state index in [1.165, 1.54) is 10.9 Å². The molecule has 7 heteroatoms. The Morgan fingerprint density at radius 3 is 2.60 bits per heavy atom. The number of benzene rings is 3. The second kappa shape index (κ2) is 8.89. The summed E-state index contributed by atoms with van der Waals surface area (Å²) >= 11 is 0. The highest BCUT2D eigenvalue weighted by Crippen LogP contribution is 2.39. The monoisotopic (exact) mass is 485 g/mol. The molecule has 2 aliphatic heterocycles. The van der Waals surface area contributed by atoms with Gasteiger partial charge in [-0.15, -0.1) is 0 Å². The summed E-state index contributed by atoms with van der Waals surface area (Å²) in [5.74, 6) is 0. The van der Waals surface area contributed by atoms with Gasteiger partial charge in [-0.1, -0.05) is 54.1 Å². The lowest BCUT2D eigenvalue weighted by Gasteiger charge is -2.44. The lowest BCUT2D eigenvalue weighted by Crippen LogP contribution is -2.56. The maximum absolute atomic E-state index is 13.5. The van der Waals surface area contributed by atoms with E-state index in [2.05, 4.69) is 11.0 Å². The van der Waals surface area contributed by atoms with Crippen LogP contribution in [0.15, 0.2) is 83.9 Å². The fourth-order valence-corrected chi connectivity index (χ4v) is 6.34. The van der Waals surface area contributed by atoms with Crippen molar-refractivity contribution in [2.45, 2.75) is 30.9 Å². The largest absolute Gasteiger partial charge is 0.445 e. The SMILES string of the molecule is Cc1ccc(S(=O)n2cc3c4c(cccc42)N2CCN(C(=O)OCc4ccccc4)CC2C3)cc1. The lowest BCUT2D eigenvalue weighted by atomic mass is 9.94. The highest BCUT2D eigenvalue weighted by Gasteiger charge is 2.36. The predicted molar refractivity (Wildman–Crippen MR) is 138 cm³/mol. The van der Waals surface area contributed by atoms with Crippen LogP contribution in [0.25, 0.3) is 10.9 Å². The number of piperazine rings is 1. The van der Waals surface area contributed by atoms with Gasteiger partial charge >= 0.3 is 6.09 Å². The van der Waals surface area contributed by atoms with E-state index in [1.807, 2.05) is 88.7 Å². The molecule has 35 heavy (non-hydrogen) atoms. The number of hydrogen-bond donors (Lipinski definition) is 0. The number of ether oxygens (including phenoxy) is 1. The molecule has 178 valence electrons. The zero-order chi connectivity index (χ0) is 23.9. The van der Waals surface area contributed by atoms with Gasteiger partial charge in [0.2, 0.25) is 0 Å². The van der Waals surface area contributed by atoms with Crippen molar-refractivity contribution in [2.75, 3.05) is 24.5 Å². The third-order valence-corrected chi connectivity index (χ3v) is 8.30. The molecular formula is C28H27N3O3S. The summed E-state index contributed by atoms with van der Waals surface area (Å²) in [6, 6.07) is 24.0. The van der Waals surface area contributed by atoms with Crippen LogP contribution in [0.1, 0.15) is 16.7 Å². The van der Waals surface area contributed by atoms with Crippen molar-refractivity contribution < 1.29 is 13.7 Å². The van der Waals surface area contributed by atoms with E-state index in [0.29, 0.717) is 13.1 Å². The molecule has 0 radical (unpaired) electrons. The first kappa shape index (κ1) is 21.9. The van der Waals surface area contributed by atoms with Crippen LogP contribution in [0.4, 0.5) is 10.5 Å². The molecule has 2 unspecified atom stereocenters. The summed E-state index contributed by atoms with van der Waals surface area (Å²) in [5, 5.41) is 1.17. The first-order chi connectivity index (χ1) is 17.1. The normalized spacial score (nSPS) is 17.8. The predicted octanol–water partition coefficient (Wildman–Crippen LogP) is 4.90. The van der Waals surface area contributed by atoms with Gasteiger partial charge in [0.1, 0.15) is 6.61 Å². The molecule has 0 N–H and O–H groups in total. The average molecular weight is 486 g/mol. The number of carbonyl (C=O) groups excluding carboxylic acids is 1. The Balaban J connectivity index is 1.24. The van der Waals surface area contributed by atoms with Crippen LogP contribution in [0, 0.1) is 6.92 Å². The summed E-state index contributed by atoms with van der Waals surface area (Å²) in [6.45, 7) is 4.28. The van der Waals surface area contributed by atoms with E-state index in [4.69, 9.17) is 4.74 Å². The fourth-order valence-electron chi connectivity index (χ4n) is 5.19. The average Bonchev–Trinajstić information content (AvgIpc) is 3.27. The molecule has 1 saturated heterocycles. The number of hydrogen-bond acceptors (Lipinski definition) is 4. The molecule has 1 aromatic heterocycles. The summed E-state index contributed by atoms with van der Waals surface area (Å²) in [6.07, 6.45) is 2.57. The first-order valence-electron chi connectivity index (χ1n) is 11.9. The van der Waals surface area contributed by atoms with Crippen molar-refractivity contribution in [1.82, 2.24) is 8.87 Å². The van der Waals surface area contributed by atoms with E-state index in [0.717, 1.165) is 40.2 Å². The van der Waals surface area contributed by atoms with Crippen molar-refractivity contribution in [1.29, 1.82) is 0 Å². The molecule has 6 rings (SSSR count). The molecule has 2 atom stereocenters. The van der Waals surface area contributed by atoms with Crippen LogP contribution in [0.3, 0.4) is 0 Å². The zero-order valence-corrected chi connectivity index (χ0v) is 20.4. The van der Waals surface area contributed by atoms with E-state index >= 15 is 0 Å². The van der Waals surface area contributed by atoms with Crippen molar-refractivity contribution in [2.24, 2.45) is 0 Å². The standard InChI is InChI=1S/C28H27N3O3S/c1-20-10-12-24(13-11-20)35(33)31-17-22-16-23-18-29(28(32)34-19-21-6-3-2-4-7-21)14-15-30(23)25-8-5-9-26(31)27(22)25/h2-13,17,23H,14-16,18-19H2,1H3. The Morgan fingerprint density at radius 1 is 1.00 bits per heavy atom. The lowest BCUT2D eigenvalue weighted by molar-refractivity contribution is 0.0888. The topological polar surface area (TPSA) is 54.8 Å². The minimum Gasteiger partial charge on any atom is -0.445 e. The van der Waals surface area contributed by atoms with Gasteiger partial charge in [-0.05, 0) is 48.7 Å². The van der Waals surface area contributed by atoms with Crippen molar-refractivity contribution in [3.63, 3.8) is 0 Å². The molecule has 4 aromatic rings. The van der Waals surface area contributed by atoms with Crippen LogP contribution in [0.5, 0.6) is 0 Å². The number of carbonyl (C=O) groups is 1. The molecule has 0 spiro atoms. The summed E-state index contributed by atoms with van der Waals surface area (Å²) in [4.78, 5) is 17.8. The molecule has 6 nitrogen and oxygen atoms in total. The van der Waals surface area contributed by atoms with Gasteiger partial charge in [-0.2, -0.15) is 0 Å². The van der Waals surface area contributed by atoms with Gasteiger partial charge in [0.25, 0.3) is 0 Å². The fraction of sp³-hybridized carbons (Fsp3) is 0.250. The van der Waals surface area contributed by atoms with Crippen LogP contribution >= 0.6 is 0 Å². The van der Waals surface area contributed by atoms with Crippen molar-refractivity contribution in [3.8, 4) is 0 Å². The number of rotatable bonds is 4. The van der Waals surface area contributed by atoms with Gasteiger partial charge in [0, 0.05) is 36.9 Å². The third-order valence-electron chi connectivity index (χ3n) is 6.96. The molecule has 1 fully saturated rings. The maximum Gasteiger partial charge on any atom is 0.410 e. The molecule has 3 heterocycles. The second-order valence-corrected chi connectivity index (χ2v) is 10.6. The molecule has 3 aromatic carbocycles. The number of aryl methyl sites for hydroxylation is 1. The maximum atomic E-state index is 13.5. The quantitative estimate of drug-likeness (QED) is 0.412. The summed E-state index contributed by atoms with van der Waals surface area (Å²) in [5.41, 5.74) is 5.45. The number of anilines is 1. The summed E-state index contributed by atoms with van der Waals surface area (Å²) < 4.78 is 21.0. The molecule has 1 amide bonds. The Kier molecular flexibility index (Phi) is 5.57. The van der Waals surface area contributed by atoms with Gasteiger partial charge in [0.05, 0.1) is 16.5 Å². The number of nitrogens with zero attached hydrogens (tertiary/aromatic N) is 3. The van der Waals surface area contributed by atoms with Crippen LogP contribution in [-0.2, 0) is 28.8 Å². The van der Waals surface area contributed by atoms with Crippen LogP contribution in [-0.4, -0.2) is 44.9 Å². The minimum atomic E-state index is -1.32. The molecule has 2 aliphatic rings. The highest BCUT2D eigenvalue weighted by atomic mass is 32.2. The van der Waals surface area contributed by atoms with Gasteiger partial charge in [-0.3, -0.25) is 3.97 Å². The van der Waals surface area contributed by atoms with Crippen LogP contribution < -0.4 is 4.90 Å². The van der Waals surface area contributed by atoms with E-state index in [-0.39, 0.29) is 18.7 Å². The van der Waals surface area contributed by atoms with Crippen molar-refractivity contribution in [3.05, 3.63) is 95.7 Å². The highest BCUT2D eigenvalue weighted by molar-refractivity contribution is 7.83. The zero-order valence-electron chi connectivity index (χ0n) is 19.6. The first-order valence-corrected chi connectivity index (χ1v) is 13.0. The Morgan fingerprint density at radius 2 is 1.80 bits per heavy atom. The summed E-state index contributed by atoms with van der Waals surface area (Å²) in [7, 11) is -1.32. The van der Waals surface area contributed by atoms with Crippen LogP contribution in [0.2, 0.25) is 0 Å². The van der Waals surface area contributed by atoms with E-state index < -0.39 is 11.0 Å². The van der Waals surface area contributed by atoms with E-state index in [1.54, 1.807) is 0 Å². The third kappa shape index (κ3) is 4.00. The van der Waals surface area contributed by atoms with E-state index in [9.17, 15) is 9.00 Å². The Hall–Kier alpha value is -3.58. The Labute approximate surface area is 207 Å². The number of amides is 1. The molecule has 0 saturated carbocycles. The van der Waals surface area contributed by atoms with Crippen molar-refractivity contribution >= 4 is 33.7 Å². The van der Waals surface area contributed by atoms with Gasteiger partial charge in [-0.25, -0.2) is 9.00 Å². The Bertz CT molecular complexity index is 1410. The molecular weight excluding hydrogens is 458 g/mol. The number of fused-ring (bicyclic) bond motifs is 2. The minimum absolute atomic E-state index is 0.162. The second-order valence-electron chi connectivity index (χ2n) is 9.25. The molecule has 0 bridgehead atoms. The number of aromatic nitrogens is 1. The smallest absolute Gasteiger partial charge is 0.410 e. The molecule has 0 aliphatic carbocycles.